The zero-order chi connectivity index (χ0) is 10.2. The number of aryl methyl sites for hydroxylation is 1. The molecule has 0 aromatic carbocycles. The Morgan fingerprint density at radius 2 is 1.92 bits per heavy atom. The smallest absolute Gasteiger partial charge is 0.356 e. The zero-order valence-corrected chi connectivity index (χ0v) is 7.39. The number of hydrogen-bond acceptors (Lipinski definition) is 1. The van der Waals surface area contributed by atoms with Crippen molar-refractivity contribution in [3.8, 4) is 0 Å². The van der Waals surface area contributed by atoms with Gasteiger partial charge in [0.25, 0.3) is 0 Å². The van der Waals surface area contributed by atoms with Gasteiger partial charge in [-0.1, -0.05) is 0 Å². The van der Waals surface area contributed by atoms with Gasteiger partial charge in [-0.2, -0.15) is 13.2 Å². The lowest BCUT2D eigenvalue weighted by Crippen LogP contribution is -2.12. The molecule has 1 rings (SSSR count). The highest BCUT2D eigenvalue weighted by Gasteiger charge is 2.35. The molecule has 0 spiro atoms. The molecule has 0 aliphatic rings. The number of halogens is 3. The Morgan fingerprint density at radius 1 is 1.38 bits per heavy atom. The van der Waals surface area contributed by atoms with Crippen molar-refractivity contribution in [3.05, 3.63) is 23.5 Å². The fourth-order valence-corrected chi connectivity index (χ4v) is 1.20. The van der Waals surface area contributed by atoms with E-state index in [2.05, 4.69) is 0 Å². The summed E-state index contributed by atoms with van der Waals surface area (Å²) in [7, 11) is 1.54. The predicted octanol–water partition coefficient (Wildman–Crippen LogP) is 2.06. The van der Waals surface area contributed by atoms with Gasteiger partial charge in [0.15, 0.2) is 0 Å². The van der Waals surface area contributed by atoms with Crippen molar-refractivity contribution in [2.24, 2.45) is 12.8 Å². The molecular formula is C8H11F3N2. The Balaban J connectivity index is 3.20. The second-order valence-electron chi connectivity index (χ2n) is 3.08. The van der Waals surface area contributed by atoms with Gasteiger partial charge in [-0.3, -0.25) is 0 Å². The highest BCUT2D eigenvalue weighted by Crippen LogP contribution is 2.34. The van der Waals surface area contributed by atoms with Gasteiger partial charge in [-0.25, -0.2) is 0 Å². The summed E-state index contributed by atoms with van der Waals surface area (Å²) >= 11 is 0. The van der Waals surface area contributed by atoms with Crippen LogP contribution < -0.4 is 5.73 Å². The Labute approximate surface area is 74.1 Å². The molecule has 74 valence electrons. The van der Waals surface area contributed by atoms with Crippen molar-refractivity contribution in [1.82, 2.24) is 4.57 Å². The Morgan fingerprint density at radius 3 is 2.23 bits per heavy atom. The van der Waals surface area contributed by atoms with Crippen LogP contribution >= 0.6 is 0 Å². The molecule has 13 heavy (non-hydrogen) atoms. The van der Waals surface area contributed by atoms with Crippen LogP contribution in [0.3, 0.4) is 0 Å². The van der Waals surface area contributed by atoms with Gasteiger partial charge in [0.2, 0.25) is 0 Å². The van der Waals surface area contributed by atoms with Crippen LogP contribution in [-0.4, -0.2) is 4.57 Å². The normalized spacial score (nSPS) is 14.6. The number of hydrogen-bond donors (Lipinski definition) is 1. The zero-order valence-electron chi connectivity index (χ0n) is 7.39. The third kappa shape index (κ3) is 2.03. The van der Waals surface area contributed by atoms with Gasteiger partial charge in [-0.05, 0) is 12.5 Å². The van der Waals surface area contributed by atoms with Crippen molar-refractivity contribution < 1.29 is 13.2 Å². The molecule has 0 radical (unpaired) electrons. The fourth-order valence-electron chi connectivity index (χ4n) is 1.20. The molecule has 2 N–H and O–H groups in total. The molecule has 1 heterocycles. The van der Waals surface area contributed by atoms with Crippen LogP contribution in [0.4, 0.5) is 13.2 Å². The summed E-state index contributed by atoms with van der Waals surface area (Å²) in [4.78, 5) is 0. The molecule has 1 atom stereocenters. The van der Waals surface area contributed by atoms with Crippen molar-refractivity contribution in [2.75, 3.05) is 0 Å². The molecule has 0 saturated carbocycles. The third-order valence-electron chi connectivity index (χ3n) is 1.78. The first kappa shape index (κ1) is 10.1. The van der Waals surface area contributed by atoms with Crippen LogP contribution in [0.5, 0.6) is 0 Å². The van der Waals surface area contributed by atoms with E-state index in [1.54, 1.807) is 7.05 Å². The van der Waals surface area contributed by atoms with E-state index in [9.17, 15) is 13.2 Å². The Kier molecular flexibility index (Phi) is 2.38. The van der Waals surface area contributed by atoms with Gasteiger partial charge in [0.05, 0.1) is 5.56 Å². The van der Waals surface area contributed by atoms with E-state index in [-0.39, 0.29) is 5.56 Å². The minimum atomic E-state index is -4.32. The molecule has 0 saturated heterocycles. The highest BCUT2D eigenvalue weighted by atomic mass is 19.4. The second kappa shape index (κ2) is 3.06. The molecule has 5 heteroatoms. The van der Waals surface area contributed by atoms with Crippen molar-refractivity contribution in [3.63, 3.8) is 0 Å². The molecule has 1 aromatic heterocycles. The number of aromatic nitrogens is 1. The maximum Gasteiger partial charge on any atom is 0.418 e. The molecule has 0 fully saturated rings. The lowest BCUT2D eigenvalue weighted by molar-refractivity contribution is -0.138. The lowest BCUT2D eigenvalue weighted by atomic mass is 10.1. The van der Waals surface area contributed by atoms with E-state index in [0.717, 1.165) is 6.20 Å². The summed E-state index contributed by atoms with van der Waals surface area (Å²) in [5.74, 6) is 0. The summed E-state index contributed by atoms with van der Waals surface area (Å²) in [6, 6.07) is -0.599. The van der Waals surface area contributed by atoms with Crippen LogP contribution in [0.15, 0.2) is 12.4 Å². The molecule has 0 amide bonds. The standard InChI is InChI=1S/C8H11F3N2/c1-5(12)6-3-13(2)4-7(6)8(9,10)11/h3-5H,12H2,1-2H3/t5-/m0/s1. The Hall–Kier alpha value is -0.970. The maximum absolute atomic E-state index is 12.4. The van der Waals surface area contributed by atoms with E-state index < -0.39 is 17.8 Å². The molecule has 1 aromatic rings. The third-order valence-corrected chi connectivity index (χ3v) is 1.78. The highest BCUT2D eigenvalue weighted by molar-refractivity contribution is 5.29. The summed E-state index contributed by atoms with van der Waals surface area (Å²) in [6.45, 7) is 1.53. The molecule has 0 aliphatic heterocycles. The molecule has 0 aliphatic carbocycles. The first-order valence-electron chi connectivity index (χ1n) is 3.81. The van der Waals surface area contributed by atoms with Gasteiger partial charge in [0.1, 0.15) is 0 Å². The molecule has 0 unspecified atom stereocenters. The summed E-state index contributed by atoms with van der Waals surface area (Å²) in [5, 5.41) is 0. The van der Waals surface area contributed by atoms with Crippen LogP contribution in [0.25, 0.3) is 0 Å². The molecule has 0 bridgehead atoms. The monoisotopic (exact) mass is 192 g/mol. The topological polar surface area (TPSA) is 30.9 Å². The minimum Gasteiger partial charge on any atom is -0.356 e. The molecule has 2 nitrogen and oxygen atoms in total. The minimum absolute atomic E-state index is 0.134. The summed E-state index contributed by atoms with van der Waals surface area (Å²) < 4.78 is 38.4. The van der Waals surface area contributed by atoms with E-state index in [1.807, 2.05) is 0 Å². The van der Waals surface area contributed by atoms with Gasteiger partial charge < -0.3 is 10.3 Å². The number of nitrogens with two attached hydrogens (primary N) is 1. The van der Waals surface area contributed by atoms with Gasteiger partial charge in [0, 0.05) is 25.5 Å². The van der Waals surface area contributed by atoms with E-state index in [0.29, 0.717) is 0 Å². The predicted molar refractivity (Wildman–Crippen MR) is 43.0 cm³/mol. The molecular weight excluding hydrogens is 181 g/mol. The van der Waals surface area contributed by atoms with E-state index in [1.165, 1.54) is 17.7 Å². The summed E-state index contributed by atoms with van der Waals surface area (Å²) in [5.41, 5.74) is 4.90. The number of nitrogens with zero attached hydrogens (tertiary/aromatic N) is 1. The average molecular weight is 192 g/mol. The first-order valence-corrected chi connectivity index (χ1v) is 3.81. The first-order chi connectivity index (χ1) is 5.82. The largest absolute Gasteiger partial charge is 0.418 e. The average Bonchev–Trinajstić information content (AvgIpc) is 2.29. The van der Waals surface area contributed by atoms with Crippen molar-refractivity contribution >= 4 is 0 Å². The van der Waals surface area contributed by atoms with Gasteiger partial charge >= 0.3 is 6.18 Å². The van der Waals surface area contributed by atoms with Crippen LogP contribution in [0.1, 0.15) is 24.1 Å². The second-order valence-corrected chi connectivity index (χ2v) is 3.08. The Bertz CT molecular complexity index is 299. The SMILES string of the molecule is C[C@H](N)c1cn(C)cc1C(F)(F)F. The lowest BCUT2D eigenvalue weighted by Gasteiger charge is -2.09. The van der Waals surface area contributed by atoms with Crippen molar-refractivity contribution in [2.45, 2.75) is 19.1 Å². The maximum atomic E-state index is 12.4. The van der Waals surface area contributed by atoms with E-state index in [4.69, 9.17) is 5.73 Å². The van der Waals surface area contributed by atoms with E-state index >= 15 is 0 Å². The van der Waals surface area contributed by atoms with Crippen LogP contribution in [0.2, 0.25) is 0 Å². The number of alkyl halides is 3. The van der Waals surface area contributed by atoms with Crippen LogP contribution in [0, 0.1) is 0 Å². The number of rotatable bonds is 1. The van der Waals surface area contributed by atoms with Crippen LogP contribution in [-0.2, 0) is 13.2 Å². The quantitative estimate of drug-likeness (QED) is 0.725. The summed E-state index contributed by atoms with van der Waals surface area (Å²) in [6.07, 6.45) is -1.88. The fraction of sp³-hybridized carbons (Fsp3) is 0.500. The van der Waals surface area contributed by atoms with Crippen molar-refractivity contribution in [1.29, 1.82) is 0 Å². The van der Waals surface area contributed by atoms with Gasteiger partial charge in [-0.15, -0.1) is 0 Å².